The second-order valence-corrected chi connectivity index (χ2v) is 5.36. The van der Waals surface area contributed by atoms with E-state index in [1.54, 1.807) is 13.2 Å². The van der Waals surface area contributed by atoms with Crippen molar-refractivity contribution in [1.29, 1.82) is 0 Å². The van der Waals surface area contributed by atoms with Crippen molar-refractivity contribution in [3.05, 3.63) is 23.8 Å². The fourth-order valence-corrected chi connectivity index (χ4v) is 1.95. The Balaban J connectivity index is 3.05. The second-order valence-electron chi connectivity index (χ2n) is 5.36. The molecule has 0 aliphatic carbocycles. The molecule has 1 aromatic rings. The Labute approximate surface area is 124 Å². The van der Waals surface area contributed by atoms with E-state index in [0.29, 0.717) is 12.2 Å². The lowest BCUT2D eigenvalue weighted by Crippen LogP contribution is -2.37. The van der Waals surface area contributed by atoms with Crippen LogP contribution in [-0.4, -0.2) is 36.2 Å². The van der Waals surface area contributed by atoms with Crippen molar-refractivity contribution in [3.8, 4) is 0 Å². The van der Waals surface area contributed by atoms with Crippen LogP contribution in [0.25, 0.3) is 0 Å². The largest absolute Gasteiger partial charge is 0.478 e. The summed E-state index contributed by atoms with van der Waals surface area (Å²) in [6.45, 7) is 5.93. The first-order valence-corrected chi connectivity index (χ1v) is 6.70. The van der Waals surface area contributed by atoms with Gasteiger partial charge < -0.3 is 20.5 Å². The Morgan fingerprint density at radius 1 is 1.38 bits per heavy atom. The van der Waals surface area contributed by atoms with E-state index in [9.17, 15) is 9.59 Å². The maximum absolute atomic E-state index is 12.4. The molecular formula is C15H22N2O4. The van der Waals surface area contributed by atoms with Crippen LogP contribution in [0.2, 0.25) is 0 Å². The molecule has 0 aliphatic heterocycles. The van der Waals surface area contributed by atoms with Crippen molar-refractivity contribution < 1.29 is 19.4 Å². The van der Waals surface area contributed by atoms with Crippen LogP contribution in [0.4, 0.5) is 11.4 Å². The molecule has 6 nitrogen and oxygen atoms in total. The minimum atomic E-state index is -1.05. The van der Waals surface area contributed by atoms with Crippen molar-refractivity contribution >= 4 is 23.3 Å². The third kappa shape index (κ3) is 4.19. The molecule has 0 spiro atoms. The highest BCUT2D eigenvalue weighted by Gasteiger charge is 2.26. The lowest BCUT2D eigenvalue weighted by molar-refractivity contribution is -0.123. The summed E-state index contributed by atoms with van der Waals surface area (Å²) in [6, 6.07) is 4.35. The first-order chi connectivity index (χ1) is 9.71. The van der Waals surface area contributed by atoms with Gasteiger partial charge in [0, 0.05) is 13.7 Å². The summed E-state index contributed by atoms with van der Waals surface area (Å²) in [7, 11) is 1.56. The van der Waals surface area contributed by atoms with Crippen LogP contribution < -0.4 is 10.6 Å². The number of carboxylic acid groups (broad SMARTS) is 1. The topological polar surface area (TPSA) is 92.9 Å². The van der Waals surface area contributed by atoms with E-state index in [0.717, 1.165) is 0 Å². The van der Waals surface area contributed by atoms with Crippen molar-refractivity contribution in [2.75, 3.05) is 24.3 Å². The molecule has 1 rings (SSSR count). The number of amides is 1. The van der Waals surface area contributed by atoms with Crippen molar-refractivity contribution in [1.82, 2.24) is 0 Å². The van der Waals surface area contributed by atoms with Gasteiger partial charge in [0.05, 0.1) is 29.0 Å². The SMILES string of the molecule is CCN(C(=O)CC(C)(C)OC)c1ccc(C(=O)O)cc1N. The molecule has 3 N–H and O–H groups in total. The molecule has 0 saturated heterocycles. The van der Waals surface area contributed by atoms with Gasteiger partial charge in [-0.25, -0.2) is 4.79 Å². The number of nitrogens with zero attached hydrogens (tertiary/aromatic N) is 1. The highest BCUT2D eigenvalue weighted by molar-refractivity contribution is 5.98. The summed E-state index contributed by atoms with van der Waals surface area (Å²) >= 11 is 0. The quantitative estimate of drug-likeness (QED) is 0.784. The molecule has 0 fully saturated rings. The number of anilines is 2. The van der Waals surface area contributed by atoms with Gasteiger partial charge in [0.1, 0.15) is 0 Å². The number of benzene rings is 1. The number of nitrogens with two attached hydrogens (primary N) is 1. The fourth-order valence-electron chi connectivity index (χ4n) is 1.95. The summed E-state index contributed by atoms with van der Waals surface area (Å²) in [5.41, 5.74) is 6.18. The van der Waals surface area contributed by atoms with Crippen LogP contribution in [0.1, 0.15) is 37.6 Å². The summed E-state index contributed by atoms with van der Waals surface area (Å²) in [5.74, 6) is -1.18. The average molecular weight is 294 g/mol. The number of nitrogen functional groups attached to an aromatic ring is 1. The zero-order valence-electron chi connectivity index (χ0n) is 12.8. The van der Waals surface area contributed by atoms with E-state index in [1.807, 2.05) is 20.8 Å². The predicted octanol–water partition coefficient (Wildman–Crippen LogP) is 2.14. The molecule has 116 valence electrons. The van der Waals surface area contributed by atoms with Gasteiger partial charge in [-0.05, 0) is 39.0 Å². The molecule has 6 heteroatoms. The molecule has 0 aliphatic rings. The Bertz CT molecular complexity index is 540. The third-order valence-corrected chi connectivity index (χ3v) is 3.31. The molecule has 0 aromatic heterocycles. The van der Waals surface area contributed by atoms with Gasteiger partial charge >= 0.3 is 5.97 Å². The van der Waals surface area contributed by atoms with Crippen molar-refractivity contribution in [2.24, 2.45) is 0 Å². The number of hydrogen-bond donors (Lipinski definition) is 2. The lowest BCUT2D eigenvalue weighted by atomic mass is 10.0. The monoisotopic (exact) mass is 294 g/mol. The average Bonchev–Trinajstić information content (AvgIpc) is 2.40. The van der Waals surface area contributed by atoms with Gasteiger partial charge in [0.2, 0.25) is 5.91 Å². The summed E-state index contributed by atoms with van der Waals surface area (Å²) in [6.07, 6.45) is 0.206. The van der Waals surface area contributed by atoms with Crippen LogP contribution in [-0.2, 0) is 9.53 Å². The van der Waals surface area contributed by atoms with E-state index in [1.165, 1.54) is 17.0 Å². The van der Waals surface area contributed by atoms with E-state index in [2.05, 4.69) is 0 Å². The van der Waals surface area contributed by atoms with Crippen molar-refractivity contribution in [2.45, 2.75) is 32.8 Å². The zero-order valence-corrected chi connectivity index (χ0v) is 12.8. The van der Waals surface area contributed by atoms with E-state index < -0.39 is 11.6 Å². The molecule has 0 unspecified atom stereocenters. The standard InChI is InChI=1S/C15H22N2O4/c1-5-17(13(18)9-15(2,3)21-4)12-7-6-10(14(19)20)8-11(12)16/h6-8H,5,9,16H2,1-4H3,(H,19,20). The van der Waals surface area contributed by atoms with Gasteiger partial charge in [0.15, 0.2) is 0 Å². The first kappa shape index (κ1) is 17.0. The fraction of sp³-hybridized carbons (Fsp3) is 0.467. The van der Waals surface area contributed by atoms with Gasteiger partial charge in [-0.2, -0.15) is 0 Å². The van der Waals surface area contributed by atoms with Gasteiger partial charge in [-0.3, -0.25) is 4.79 Å². The molecule has 0 heterocycles. The van der Waals surface area contributed by atoms with Crippen LogP contribution in [0, 0.1) is 0 Å². The smallest absolute Gasteiger partial charge is 0.335 e. The maximum Gasteiger partial charge on any atom is 0.335 e. The molecule has 1 amide bonds. The number of aromatic carboxylic acids is 1. The van der Waals surface area contributed by atoms with Crippen LogP contribution in [0.15, 0.2) is 18.2 Å². The van der Waals surface area contributed by atoms with Gasteiger partial charge in [-0.15, -0.1) is 0 Å². The Morgan fingerprint density at radius 2 is 2.00 bits per heavy atom. The molecule has 21 heavy (non-hydrogen) atoms. The first-order valence-electron chi connectivity index (χ1n) is 6.70. The van der Waals surface area contributed by atoms with Crippen LogP contribution in [0.3, 0.4) is 0 Å². The molecule has 0 saturated carbocycles. The van der Waals surface area contributed by atoms with Crippen LogP contribution >= 0.6 is 0 Å². The molecule has 0 bridgehead atoms. The van der Waals surface area contributed by atoms with Crippen molar-refractivity contribution in [3.63, 3.8) is 0 Å². The molecular weight excluding hydrogens is 272 g/mol. The number of carboxylic acids is 1. The predicted molar refractivity (Wildman–Crippen MR) is 81.5 cm³/mol. The third-order valence-electron chi connectivity index (χ3n) is 3.31. The summed E-state index contributed by atoms with van der Waals surface area (Å²) in [5, 5.41) is 8.94. The highest BCUT2D eigenvalue weighted by atomic mass is 16.5. The Hall–Kier alpha value is -2.08. The Morgan fingerprint density at radius 3 is 2.43 bits per heavy atom. The maximum atomic E-state index is 12.4. The number of carbonyl (C=O) groups is 2. The number of methoxy groups -OCH3 is 1. The second kappa shape index (κ2) is 6.58. The zero-order chi connectivity index (χ0) is 16.2. The summed E-state index contributed by atoms with van der Waals surface area (Å²) < 4.78 is 5.26. The van der Waals surface area contributed by atoms with Crippen LogP contribution in [0.5, 0.6) is 0 Å². The number of rotatable bonds is 6. The lowest BCUT2D eigenvalue weighted by Gasteiger charge is -2.28. The highest BCUT2D eigenvalue weighted by Crippen LogP contribution is 2.26. The normalized spacial score (nSPS) is 11.2. The Kier molecular flexibility index (Phi) is 5.32. The van der Waals surface area contributed by atoms with E-state index in [-0.39, 0.29) is 23.6 Å². The molecule has 0 atom stereocenters. The van der Waals surface area contributed by atoms with Gasteiger partial charge in [0.25, 0.3) is 0 Å². The van der Waals surface area contributed by atoms with E-state index >= 15 is 0 Å². The number of ether oxygens (including phenoxy) is 1. The number of carbonyl (C=O) groups excluding carboxylic acids is 1. The number of hydrogen-bond acceptors (Lipinski definition) is 4. The molecule has 1 aromatic carbocycles. The minimum Gasteiger partial charge on any atom is -0.478 e. The minimum absolute atomic E-state index is 0.0944. The molecule has 0 radical (unpaired) electrons. The van der Waals surface area contributed by atoms with Gasteiger partial charge in [-0.1, -0.05) is 0 Å². The van der Waals surface area contributed by atoms with E-state index in [4.69, 9.17) is 15.6 Å². The summed E-state index contributed by atoms with van der Waals surface area (Å²) in [4.78, 5) is 24.8.